The normalized spacial score (nSPS) is 25.9. The molecule has 10 nitrogen and oxygen atoms in total. The van der Waals surface area contributed by atoms with Crippen LogP contribution in [0.1, 0.15) is 70.4 Å². The smallest absolute Gasteiger partial charge is 0.306 e. The number of carbonyl (C=O) groups excluding carboxylic acids is 4. The number of hydrogen-bond acceptors (Lipinski definition) is 7. The number of esters is 1. The van der Waals surface area contributed by atoms with Gasteiger partial charge in [0.15, 0.2) is 0 Å². The van der Waals surface area contributed by atoms with Crippen LogP contribution in [-0.4, -0.2) is 88.7 Å². The number of hydrogen-bond donors (Lipinski definition) is 2. The van der Waals surface area contributed by atoms with Gasteiger partial charge >= 0.3 is 5.97 Å². The molecule has 0 aliphatic carbocycles. The molecule has 1 aromatic carbocycles. The molecule has 3 saturated heterocycles. The van der Waals surface area contributed by atoms with Crippen molar-refractivity contribution >= 4 is 23.7 Å². The molecule has 6 atom stereocenters. The van der Waals surface area contributed by atoms with Crippen LogP contribution in [0.2, 0.25) is 0 Å². The largest absolute Gasteiger partial charge is 0.463 e. The number of amides is 3. The highest BCUT2D eigenvalue weighted by molar-refractivity contribution is 5.99. The summed E-state index contributed by atoms with van der Waals surface area (Å²) >= 11 is 0. The van der Waals surface area contributed by atoms with E-state index in [2.05, 4.69) is 18.5 Å². The number of aliphatic hydroxyl groups is 1. The van der Waals surface area contributed by atoms with Gasteiger partial charge in [-0.05, 0) is 57.9 Å². The van der Waals surface area contributed by atoms with Gasteiger partial charge in [0, 0.05) is 32.2 Å². The Labute approximate surface area is 260 Å². The van der Waals surface area contributed by atoms with Crippen LogP contribution in [0.3, 0.4) is 0 Å². The molecule has 3 aliphatic rings. The number of nitrogens with zero attached hydrogens (tertiary/aromatic N) is 2. The highest BCUT2D eigenvalue weighted by Crippen LogP contribution is 2.58. The van der Waals surface area contributed by atoms with E-state index in [1.165, 1.54) is 0 Å². The van der Waals surface area contributed by atoms with Gasteiger partial charge in [-0.25, -0.2) is 0 Å². The second-order valence-electron chi connectivity index (χ2n) is 12.2. The third kappa shape index (κ3) is 6.76. The Morgan fingerprint density at radius 1 is 1.18 bits per heavy atom. The zero-order valence-electron chi connectivity index (χ0n) is 26.0. The molecule has 2 N–H and O–H groups in total. The fourth-order valence-electron chi connectivity index (χ4n) is 7.04. The lowest BCUT2D eigenvalue weighted by molar-refractivity contribution is -0.149. The molecule has 0 unspecified atom stereocenters. The van der Waals surface area contributed by atoms with E-state index in [0.717, 1.165) is 5.56 Å². The number of rotatable bonds is 17. The van der Waals surface area contributed by atoms with Gasteiger partial charge in [0.05, 0.1) is 24.0 Å². The van der Waals surface area contributed by atoms with E-state index in [0.29, 0.717) is 51.6 Å². The fourth-order valence-corrected chi connectivity index (χ4v) is 7.04. The average molecular weight is 610 g/mol. The summed E-state index contributed by atoms with van der Waals surface area (Å²) in [5.74, 6) is -2.79. The van der Waals surface area contributed by atoms with Crippen molar-refractivity contribution in [2.24, 2.45) is 11.8 Å². The van der Waals surface area contributed by atoms with Gasteiger partial charge in [-0.15, -0.1) is 13.2 Å². The van der Waals surface area contributed by atoms with E-state index >= 15 is 0 Å². The van der Waals surface area contributed by atoms with Gasteiger partial charge < -0.3 is 29.7 Å². The molecular formula is C34H47N3O7. The molecule has 3 fully saturated rings. The van der Waals surface area contributed by atoms with Crippen LogP contribution in [0.25, 0.3) is 0 Å². The molecule has 0 aromatic heterocycles. The second kappa shape index (κ2) is 15.0. The maximum absolute atomic E-state index is 14.2. The van der Waals surface area contributed by atoms with Crippen molar-refractivity contribution < 1.29 is 33.8 Å². The zero-order valence-corrected chi connectivity index (χ0v) is 26.0. The predicted octanol–water partition coefficient (Wildman–Crippen LogP) is 3.31. The molecule has 1 aromatic rings. The van der Waals surface area contributed by atoms with Gasteiger partial charge in [0.1, 0.15) is 18.2 Å². The van der Waals surface area contributed by atoms with E-state index < -0.39 is 35.6 Å². The molecule has 0 saturated carbocycles. The van der Waals surface area contributed by atoms with Crippen LogP contribution >= 0.6 is 0 Å². The number of aliphatic hydroxyl groups excluding tert-OH is 1. The Morgan fingerprint density at radius 3 is 2.59 bits per heavy atom. The minimum absolute atomic E-state index is 0.0581. The Kier molecular flexibility index (Phi) is 11.4. The van der Waals surface area contributed by atoms with Crippen LogP contribution < -0.4 is 5.32 Å². The molecule has 2 bridgehead atoms. The second-order valence-corrected chi connectivity index (χ2v) is 12.2. The Morgan fingerprint density at radius 2 is 1.93 bits per heavy atom. The minimum Gasteiger partial charge on any atom is -0.463 e. The Bertz CT molecular complexity index is 1200. The van der Waals surface area contributed by atoms with Crippen molar-refractivity contribution in [1.29, 1.82) is 0 Å². The van der Waals surface area contributed by atoms with Crippen molar-refractivity contribution in [3.63, 3.8) is 0 Å². The van der Waals surface area contributed by atoms with Crippen molar-refractivity contribution in [1.82, 2.24) is 15.1 Å². The first-order valence-corrected chi connectivity index (χ1v) is 15.8. The number of unbranched alkanes of at least 4 members (excludes halogenated alkanes) is 2. The number of nitrogens with one attached hydrogen (secondary N) is 1. The summed E-state index contributed by atoms with van der Waals surface area (Å²) in [6, 6.07) is 7.66. The monoisotopic (exact) mass is 609 g/mol. The maximum Gasteiger partial charge on any atom is 0.306 e. The van der Waals surface area contributed by atoms with E-state index in [1.54, 1.807) is 22.0 Å². The fraction of sp³-hybridized carbons (Fsp3) is 0.588. The predicted molar refractivity (Wildman–Crippen MR) is 165 cm³/mol. The zero-order chi connectivity index (χ0) is 31.9. The van der Waals surface area contributed by atoms with Crippen LogP contribution in [0.15, 0.2) is 55.6 Å². The summed E-state index contributed by atoms with van der Waals surface area (Å²) in [6.45, 7) is 12.0. The molecule has 44 heavy (non-hydrogen) atoms. The third-order valence-electron chi connectivity index (χ3n) is 9.11. The molecule has 4 rings (SSSR count). The Balaban J connectivity index is 1.61. The molecule has 240 valence electrons. The first-order valence-electron chi connectivity index (χ1n) is 15.8. The summed E-state index contributed by atoms with van der Waals surface area (Å²) in [5, 5.41) is 12.3. The molecule has 1 spiro atoms. The van der Waals surface area contributed by atoms with Gasteiger partial charge in [-0.1, -0.05) is 42.5 Å². The number of likely N-dealkylation sites (tertiary alicyclic amines) is 1. The summed E-state index contributed by atoms with van der Waals surface area (Å²) < 4.78 is 12.1. The Hall–Kier alpha value is -3.50. The number of fused-ring (bicyclic) bond motifs is 1. The van der Waals surface area contributed by atoms with Crippen molar-refractivity contribution in [3.05, 3.63) is 61.2 Å². The summed E-state index contributed by atoms with van der Waals surface area (Å²) in [6.07, 6.45) is 6.49. The first kappa shape index (κ1) is 33.4. The minimum atomic E-state index is -1.11. The maximum atomic E-state index is 14.2. The first-order chi connectivity index (χ1) is 21.2. The molecule has 3 heterocycles. The summed E-state index contributed by atoms with van der Waals surface area (Å²) in [7, 11) is 0. The van der Waals surface area contributed by atoms with Crippen molar-refractivity contribution in [3.8, 4) is 0 Å². The van der Waals surface area contributed by atoms with Crippen molar-refractivity contribution in [2.45, 2.75) is 88.6 Å². The van der Waals surface area contributed by atoms with Crippen LogP contribution in [0.5, 0.6) is 0 Å². The van der Waals surface area contributed by atoms with Gasteiger partial charge in [0.25, 0.3) is 0 Å². The molecule has 10 heteroatoms. The molecular weight excluding hydrogens is 562 g/mol. The molecule has 3 amide bonds. The summed E-state index contributed by atoms with van der Waals surface area (Å²) in [5.41, 5.74) is -0.338. The lowest BCUT2D eigenvalue weighted by Crippen LogP contribution is -2.57. The van der Waals surface area contributed by atoms with E-state index in [-0.39, 0.29) is 49.4 Å². The van der Waals surface area contributed by atoms with Crippen LogP contribution in [0, 0.1) is 11.8 Å². The van der Waals surface area contributed by atoms with Gasteiger partial charge in [0.2, 0.25) is 17.7 Å². The van der Waals surface area contributed by atoms with E-state index in [9.17, 15) is 24.3 Å². The SMILES string of the molecule is C=CCCC(=O)OC[C@H](NC(=O)[C@@H]1[C@@H]2CC[C@]3(O2)[C@H](C(=O)N(CC=C)C(C)C)N(CCCCCO)C(=O)[C@@H]13)c1ccccc1. The van der Waals surface area contributed by atoms with Gasteiger partial charge in [-0.3, -0.25) is 19.2 Å². The van der Waals surface area contributed by atoms with Crippen molar-refractivity contribution in [2.75, 3.05) is 26.3 Å². The lowest BCUT2D eigenvalue weighted by Gasteiger charge is -2.38. The number of benzene rings is 1. The summed E-state index contributed by atoms with van der Waals surface area (Å²) in [4.78, 5) is 58.2. The number of ether oxygens (including phenoxy) is 2. The average Bonchev–Trinajstić information content (AvgIpc) is 3.66. The molecule has 0 radical (unpaired) electrons. The van der Waals surface area contributed by atoms with E-state index in [4.69, 9.17) is 9.47 Å². The quantitative estimate of drug-likeness (QED) is 0.158. The third-order valence-corrected chi connectivity index (χ3v) is 9.11. The van der Waals surface area contributed by atoms with E-state index in [1.807, 2.05) is 44.2 Å². The van der Waals surface area contributed by atoms with Crippen LogP contribution in [0.4, 0.5) is 0 Å². The lowest BCUT2D eigenvalue weighted by atomic mass is 9.70. The topological polar surface area (TPSA) is 125 Å². The number of carbonyl (C=O) groups is 4. The number of allylic oxidation sites excluding steroid dienone is 1. The van der Waals surface area contributed by atoms with Gasteiger partial charge in [-0.2, -0.15) is 0 Å². The standard InChI is InChI=1S/C34H47N3O7/c1-5-7-16-27(39)43-22-25(24-14-10-8-11-15-24)35-31(40)28-26-17-18-34(44-26)29(28)32(41)37(20-12-9-13-21-38)30(34)33(42)36(19-6-2)23(3)4/h5-6,8,10-11,14-15,23,25-26,28-30,38H,1-2,7,9,12-13,16-22H2,3-4H3,(H,35,40)/t25-,26-,28+,29+,30-,34+/m0/s1. The highest BCUT2D eigenvalue weighted by Gasteiger charge is 2.74. The molecule has 3 aliphatic heterocycles. The van der Waals surface area contributed by atoms with Crippen LogP contribution in [-0.2, 0) is 28.7 Å². The highest BCUT2D eigenvalue weighted by atomic mass is 16.5.